The monoisotopic (exact) mass is 821 g/mol. The van der Waals surface area contributed by atoms with E-state index in [1.165, 1.54) is 173 Å². The van der Waals surface area contributed by atoms with Gasteiger partial charge in [-0.2, -0.15) is 0 Å². The van der Waals surface area contributed by atoms with Crippen molar-refractivity contribution < 1.29 is 28.6 Å². The molecule has 58 heavy (non-hydrogen) atoms. The van der Waals surface area contributed by atoms with Crippen LogP contribution in [0.3, 0.4) is 0 Å². The number of ether oxygens (including phenoxy) is 3. The molecular weight excluding hydrogens is 721 g/mol. The highest BCUT2D eigenvalue weighted by atomic mass is 16.6. The Morgan fingerprint density at radius 3 is 0.845 bits per heavy atom. The maximum absolute atomic E-state index is 12.7. The molecule has 0 rings (SSSR count). The van der Waals surface area contributed by atoms with Crippen LogP contribution in [0, 0.1) is 11.8 Å². The van der Waals surface area contributed by atoms with E-state index in [0.29, 0.717) is 19.3 Å². The summed E-state index contributed by atoms with van der Waals surface area (Å²) in [5.41, 5.74) is 0. The lowest BCUT2D eigenvalue weighted by Gasteiger charge is -2.18. The van der Waals surface area contributed by atoms with Gasteiger partial charge >= 0.3 is 17.9 Å². The molecule has 0 saturated carbocycles. The summed E-state index contributed by atoms with van der Waals surface area (Å²) in [6.45, 7) is 11.3. The highest BCUT2D eigenvalue weighted by Crippen LogP contribution is 2.17. The van der Waals surface area contributed by atoms with E-state index in [1.807, 2.05) is 0 Å². The van der Waals surface area contributed by atoms with Crippen LogP contribution in [0.4, 0.5) is 0 Å². The molecule has 6 heteroatoms. The van der Waals surface area contributed by atoms with Crippen molar-refractivity contribution in [2.75, 3.05) is 13.2 Å². The van der Waals surface area contributed by atoms with Crippen LogP contribution < -0.4 is 0 Å². The first-order valence-corrected chi connectivity index (χ1v) is 25.7. The predicted molar refractivity (Wildman–Crippen MR) is 247 cm³/mol. The Bertz CT molecular complexity index is 885. The van der Waals surface area contributed by atoms with Crippen LogP contribution in [-0.4, -0.2) is 37.2 Å². The number of unbranched alkanes of at least 4 members (excludes halogenated alkanes) is 31. The van der Waals surface area contributed by atoms with Gasteiger partial charge in [-0.1, -0.05) is 247 Å². The topological polar surface area (TPSA) is 78.9 Å². The molecule has 0 aromatic rings. The highest BCUT2D eigenvalue weighted by molar-refractivity contribution is 5.71. The van der Waals surface area contributed by atoms with E-state index < -0.39 is 6.10 Å². The Morgan fingerprint density at radius 2 is 0.569 bits per heavy atom. The predicted octanol–water partition coefficient (Wildman–Crippen LogP) is 16.5. The Balaban J connectivity index is 4.30. The number of esters is 3. The van der Waals surface area contributed by atoms with Gasteiger partial charge in [0.1, 0.15) is 13.2 Å². The molecule has 0 aromatic heterocycles. The number of carbonyl (C=O) groups excluding carboxylic acids is 3. The smallest absolute Gasteiger partial charge is 0.306 e. The third-order valence-electron chi connectivity index (χ3n) is 11.7. The molecule has 0 N–H and O–H groups in total. The van der Waals surface area contributed by atoms with E-state index in [2.05, 4.69) is 34.6 Å². The van der Waals surface area contributed by atoms with Gasteiger partial charge in [-0.05, 0) is 31.1 Å². The summed E-state index contributed by atoms with van der Waals surface area (Å²) in [6.07, 6.45) is 45.2. The van der Waals surface area contributed by atoms with Crippen molar-refractivity contribution in [1.29, 1.82) is 0 Å². The zero-order valence-corrected chi connectivity index (χ0v) is 39.7. The number of carbonyl (C=O) groups is 3. The van der Waals surface area contributed by atoms with E-state index >= 15 is 0 Å². The maximum atomic E-state index is 12.7. The zero-order valence-electron chi connectivity index (χ0n) is 39.7. The Kier molecular flexibility index (Phi) is 43.7. The number of hydrogen-bond donors (Lipinski definition) is 0. The number of rotatable bonds is 46. The quantitative estimate of drug-likeness (QED) is 0.0346. The van der Waals surface area contributed by atoms with Crippen LogP contribution in [0.2, 0.25) is 0 Å². The minimum Gasteiger partial charge on any atom is -0.462 e. The Morgan fingerprint density at radius 1 is 0.328 bits per heavy atom. The van der Waals surface area contributed by atoms with E-state index in [9.17, 15) is 14.4 Å². The molecule has 0 heterocycles. The molecule has 1 atom stereocenters. The summed E-state index contributed by atoms with van der Waals surface area (Å²) < 4.78 is 16.8. The average Bonchev–Trinajstić information content (AvgIpc) is 3.19. The minimum absolute atomic E-state index is 0.0641. The summed E-state index contributed by atoms with van der Waals surface area (Å²) in [5.74, 6) is 0.777. The number of hydrogen-bond acceptors (Lipinski definition) is 6. The van der Waals surface area contributed by atoms with Gasteiger partial charge in [0.2, 0.25) is 0 Å². The molecule has 0 amide bonds. The van der Waals surface area contributed by atoms with Gasteiger partial charge in [0.05, 0.1) is 0 Å². The van der Waals surface area contributed by atoms with Gasteiger partial charge in [0, 0.05) is 19.3 Å². The molecule has 0 aromatic carbocycles. The normalized spacial score (nSPS) is 12.1. The van der Waals surface area contributed by atoms with Crippen molar-refractivity contribution in [3.05, 3.63) is 0 Å². The van der Waals surface area contributed by atoms with Crippen LogP contribution in [0.5, 0.6) is 0 Å². The summed E-state index contributed by atoms with van der Waals surface area (Å²) >= 11 is 0. The summed E-state index contributed by atoms with van der Waals surface area (Å²) in [6, 6.07) is 0. The van der Waals surface area contributed by atoms with Gasteiger partial charge in [0.25, 0.3) is 0 Å². The standard InChI is InChI=1S/C52H100O6/c1-6-7-8-9-10-11-12-13-14-18-21-27-32-37-42-50(53)56-45-49(58-52(55)44-39-34-29-24-23-26-31-36-41-48(4)5)46-57-51(54)43-38-33-28-22-19-16-15-17-20-25-30-35-40-47(2)3/h47-49H,6-46H2,1-5H3/t49-/m1/s1. The SMILES string of the molecule is CCCCCCCCCCCCCCCCC(=O)OC[C@H](COC(=O)CCCCCCCCCCCCCCC(C)C)OC(=O)CCCCCCCCCCC(C)C. The van der Waals surface area contributed by atoms with Crippen LogP contribution in [0.25, 0.3) is 0 Å². The van der Waals surface area contributed by atoms with Crippen molar-refractivity contribution >= 4 is 17.9 Å². The second-order valence-electron chi connectivity index (χ2n) is 18.8. The third-order valence-corrected chi connectivity index (χ3v) is 11.7. The van der Waals surface area contributed by atoms with Crippen LogP contribution >= 0.6 is 0 Å². The van der Waals surface area contributed by atoms with Gasteiger partial charge in [-0.25, -0.2) is 0 Å². The Labute approximate surface area is 361 Å². The zero-order chi connectivity index (χ0) is 42.6. The molecule has 0 bridgehead atoms. The molecule has 344 valence electrons. The first kappa shape index (κ1) is 56.4. The summed E-state index contributed by atoms with van der Waals surface area (Å²) in [5, 5.41) is 0. The lowest BCUT2D eigenvalue weighted by molar-refractivity contribution is -0.167. The lowest BCUT2D eigenvalue weighted by atomic mass is 10.0. The first-order chi connectivity index (χ1) is 28.2. The fourth-order valence-electron chi connectivity index (χ4n) is 7.81. The maximum Gasteiger partial charge on any atom is 0.306 e. The highest BCUT2D eigenvalue weighted by Gasteiger charge is 2.19. The molecule has 0 spiro atoms. The van der Waals surface area contributed by atoms with Crippen molar-refractivity contribution in [1.82, 2.24) is 0 Å². The van der Waals surface area contributed by atoms with Crippen LogP contribution in [0.1, 0.15) is 285 Å². The minimum atomic E-state index is -0.761. The van der Waals surface area contributed by atoms with Gasteiger partial charge in [0.15, 0.2) is 6.10 Å². The van der Waals surface area contributed by atoms with E-state index in [4.69, 9.17) is 14.2 Å². The van der Waals surface area contributed by atoms with Crippen LogP contribution in [-0.2, 0) is 28.6 Å². The molecule has 0 aliphatic carbocycles. The molecule has 0 aliphatic rings. The lowest BCUT2D eigenvalue weighted by Crippen LogP contribution is -2.30. The molecule has 0 aliphatic heterocycles. The van der Waals surface area contributed by atoms with Gasteiger partial charge < -0.3 is 14.2 Å². The van der Waals surface area contributed by atoms with E-state index in [0.717, 1.165) is 69.6 Å². The second-order valence-corrected chi connectivity index (χ2v) is 18.8. The molecule has 0 unspecified atom stereocenters. The third kappa shape index (κ3) is 45.5. The first-order valence-electron chi connectivity index (χ1n) is 25.7. The largest absolute Gasteiger partial charge is 0.462 e. The fourth-order valence-corrected chi connectivity index (χ4v) is 7.81. The average molecular weight is 821 g/mol. The summed E-state index contributed by atoms with van der Waals surface area (Å²) in [7, 11) is 0. The van der Waals surface area contributed by atoms with Gasteiger partial charge in [-0.3, -0.25) is 14.4 Å². The molecule has 0 radical (unpaired) electrons. The van der Waals surface area contributed by atoms with Crippen molar-refractivity contribution in [2.45, 2.75) is 291 Å². The molecular formula is C52H100O6. The summed E-state index contributed by atoms with van der Waals surface area (Å²) in [4.78, 5) is 37.9. The van der Waals surface area contributed by atoms with Crippen molar-refractivity contribution in [3.8, 4) is 0 Å². The van der Waals surface area contributed by atoms with E-state index in [-0.39, 0.29) is 31.1 Å². The van der Waals surface area contributed by atoms with Crippen molar-refractivity contribution in [3.63, 3.8) is 0 Å². The van der Waals surface area contributed by atoms with Crippen LogP contribution in [0.15, 0.2) is 0 Å². The van der Waals surface area contributed by atoms with Crippen molar-refractivity contribution in [2.24, 2.45) is 11.8 Å². The van der Waals surface area contributed by atoms with Gasteiger partial charge in [-0.15, -0.1) is 0 Å². The van der Waals surface area contributed by atoms with E-state index in [1.54, 1.807) is 0 Å². The molecule has 0 saturated heterocycles. The Hall–Kier alpha value is -1.59. The molecule has 6 nitrogen and oxygen atoms in total. The molecule has 0 fully saturated rings. The second kappa shape index (κ2) is 44.9. The fraction of sp³-hybridized carbons (Fsp3) is 0.942.